The fraction of sp³-hybridized carbons (Fsp3) is 0.273. The summed E-state index contributed by atoms with van der Waals surface area (Å²) in [7, 11) is 1.60. The molecule has 0 amide bonds. The number of rotatable bonds is 7. The van der Waals surface area contributed by atoms with Crippen LogP contribution in [0.2, 0.25) is 5.02 Å². The Morgan fingerprint density at radius 3 is 2.54 bits per heavy atom. The largest absolute Gasteiger partial charge is 0.495 e. The molecule has 0 radical (unpaired) electrons. The van der Waals surface area contributed by atoms with Gasteiger partial charge in [-0.1, -0.05) is 27.5 Å². The van der Waals surface area contributed by atoms with Crippen LogP contribution in [-0.4, -0.2) is 54.6 Å². The van der Waals surface area contributed by atoms with Crippen molar-refractivity contribution in [1.82, 2.24) is 15.0 Å². The molecule has 0 saturated carbocycles. The molecule has 3 aromatic rings. The molecule has 1 saturated heterocycles. The van der Waals surface area contributed by atoms with Gasteiger partial charge in [0.1, 0.15) is 5.75 Å². The molecule has 1 aliphatic heterocycles. The number of morpholine rings is 1. The molecule has 184 valence electrons. The van der Waals surface area contributed by atoms with Gasteiger partial charge in [0.2, 0.25) is 17.8 Å². The summed E-state index contributed by atoms with van der Waals surface area (Å²) in [6.07, 6.45) is 1.63. The Kier molecular flexibility index (Phi) is 8.82. The van der Waals surface area contributed by atoms with Crippen LogP contribution in [0, 0.1) is 6.92 Å². The first-order valence-corrected chi connectivity index (χ1v) is 13.2. The Bertz CT molecular complexity index is 1260. The number of hydrogen-bond donors (Lipinski definition) is 2. The van der Waals surface area contributed by atoms with Crippen LogP contribution in [0.25, 0.3) is 0 Å². The zero-order chi connectivity index (χ0) is 24.9. The Morgan fingerprint density at radius 2 is 1.80 bits per heavy atom. The fourth-order valence-electron chi connectivity index (χ4n) is 3.29. The third kappa shape index (κ3) is 6.62. The average Bonchev–Trinajstić information content (AvgIpc) is 2.83. The van der Waals surface area contributed by atoms with Crippen LogP contribution in [0.4, 0.5) is 23.5 Å². The van der Waals surface area contributed by atoms with Gasteiger partial charge in [0, 0.05) is 32.6 Å². The summed E-state index contributed by atoms with van der Waals surface area (Å²) >= 11 is 16.9. The topological polar surface area (TPSA) is 96.8 Å². The van der Waals surface area contributed by atoms with E-state index >= 15 is 0 Å². The molecule has 0 atom stereocenters. The lowest BCUT2D eigenvalue weighted by Crippen LogP contribution is -2.37. The molecule has 2 heterocycles. The first-order chi connectivity index (χ1) is 16.8. The lowest BCUT2D eigenvalue weighted by molar-refractivity contribution is 0.122. The van der Waals surface area contributed by atoms with Gasteiger partial charge in [0.25, 0.3) is 0 Å². The van der Waals surface area contributed by atoms with Crippen molar-refractivity contribution in [3.8, 4) is 5.75 Å². The lowest BCUT2D eigenvalue weighted by Gasteiger charge is -2.27. The second-order valence-corrected chi connectivity index (χ2v) is 10.5. The highest BCUT2D eigenvalue weighted by Gasteiger charge is 2.17. The molecule has 0 aliphatic carbocycles. The van der Waals surface area contributed by atoms with Crippen molar-refractivity contribution in [1.29, 1.82) is 0 Å². The molecule has 0 spiro atoms. The molecule has 1 aliphatic rings. The number of aromatic nitrogens is 3. The van der Waals surface area contributed by atoms with E-state index in [0.717, 1.165) is 30.2 Å². The number of nitrogens with zero attached hydrogens (tertiary/aromatic N) is 5. The maximum atomic E-state index is 6.33. The van der Waals surface area contributed by atoms with Gasteiger partial charge in [0.05, 0.1) is 36.7 Å². The predicted molar refractivity (Wildman–Crippen MR) is 150 cm³/mol. The number of hydrogen-bond acceptors (Lipinski definition) is 9. The van der Waals surface area contributed by atoms with Gasteiger partial charge < -0.3 is 19.7 Å². The van der Waals surface area contributed by atoms with E-state index in [2.05, 4.69) is 78.6 Å². The minimum atomic E-state index is 0.280. The second kappa shape index (κ2) is 11.8. The van der Waals surface area contributed by atoms with Gasteiger partial charge in [-0.2, -0.15) is 20.1 Å². The van der Waals surface area contributed by atoms with E-state index in [0.29, 0.717) is 49.0 Å². The lowest BCUT2D eigenvalue weighted by atomic mass is 10.2. The maximum absolute atomic E-state index is 6.33. The highest BCUT2D eigenvalue weighted by Crippen LogP contribution is 2.32. The molecule has 35 heavy (non-hydrogen) atoms. The van der Waals surface area contributed by atoms with Gasteiger partial charge in [-0.25, -0.2) is 5.43 Å². The van der Waals surface area contributed by atoms with Crippen molar-refractivity contribution in [2.45, 2.75) is 6.92 Å². The van der Waals surface area contributed by atoms with E-state index in [1.807, 2.05) is 36.1 Å². The minimum Gasteiger partial charge on any atom is -0.495 e. The van der Waals surface area contributed by atoms with Crippen molar-refractivity contribution >= 4 is 89.1 Å². The summed E-state index contributed by atoms with van der Waals surface area (Å²) in [6, 6.07) is 7.55. The van der Waals surface area contributed by atoms with E-state index in [9.17, 15) is 0 Å². The standard InChI is InChI=1S/C22H21Br3ClN7O2/c1-12-7-15(24)18(10-17(12)26)28-20-29-21(31-22(30-20)33-3-5-35-6-4-33)32-27-11-13-8-14(23)9-16(25)19(13)34-2/h7-11H,3-6H2,1-2H3,(H2,28,29,30,31,32)/b27-11+. The molecule has 13 heteroatoms. The summed E-state index contributed by atoms with van der Waals surface area (Å²) in [6.45, 7) is 4.50. The van der Waals surface area contributed by atoms with Gasteiger partial charge >= 0.3 is 0 Å². The number of hydrazone groups is 1. The first kappa shape index (κ1) is 26.1. The Balaban J connectivity index is 1.64. The van der Waals surface area contributed by atoms with E-state index < -0.39 is 0 Å². The van der Waals surface area contributed by atoms with Gasteiger partial charge in [0.15, 0.2) is 0 Å². The van der Waals surface area contributed by atoms with Crippen LogP contribution in [0.3, 0.4) is 0 Å². The zero-order valence-corrected chi connectivity index (χ0v) is 24.3. The predicted octanol–water partition coefficient (Wildman–Crippen LogP) is 6.16. The number of halogens is 4. The number of methoxy groups -OCH3 is 1. The molecule has 1 aromatic heterocycles. The molecule has 2 N–H and O–H groups in total. The van der Waals surface area contributed by atoms with Gasteiger partial charge in [-0.15, -0.1) is 0 Å². The van der Waals surface area contributed by atoms with Crippen molar-refractivity contribution in [3.05, 3.63) is 53.8 Å². The van der Waals surface area contributed by atoms with Crippen LogP contribution in [0.15, 0.2) is 42.8 Å². The van der Waals surface area contributed by atoms with E-state index in [1.54, 1.807) is 13.3 Å². The van der Waals surface area contributed by atoms with Crippen LogP contribution >= 0.6 is 59.4 Å². The Morgan fingerprint density at radius 1 is 1.06 bits per heavy atom. The fourth-order valence-corrected chi connectivity index (χ4v) is 5.43. The Labute approximate surface area is 233 Å². The number of anilines is 4. The maximum Gasteiger partial charge on any atom is 0.250 e. The third-order valence-corrected chi connectivity index (χ3v) is 7.13. The molecule has 2 aromatic carbocycles. The monoisotopic (exact) mass is 687 g/mol. The highest BCUT2D eigenvalue weighted by atomic mass is 79.9. The number of ether oxygens (including phenoxy) is 2. The smallest absolute Gasteiger partial charge is 0.250 e. The molecule has 4 rings (SSSR count). The summed E-state index contributed by atoms with van der Waals surface area (Å²) in [5.41, 5.74) is 5.37. The summed E-state index contributed by atoms with van der Waals surface area (Å²) in [4.78, 5) is 15.7. The van der Waals surface area contributed by atoms with E-state index in [4.69, 9.17) is 21.1 Å². The van der Waals surface area contributed by atoms with E-state index in [1.165, 1.54) is 0 Å². The average molecular weight is 691 g/mol. The molecule has 0 bridgehead atoms. The van der Waals surface area contributed by atoms with Crippen molar-refractivity contribution in [3.63, 3.8) is 0 Å². The normalized spacial score (nSPS) is 13.8. The first-order valence-electron chi connectivity index (χ1n) is 10.5. The zero-order valence-electron chi connectivity index (χ0n) is 18.8. The van der Waals surface area contributed by atoms with Crippen molar-refractivity contribution in [2.75, 3.05) is 49.1 Å². The van der Waals surface area contributed by atoms with Crippen LogP contribution in [0.5, 0.6) is 5.75 Å². The molecule has 9 nitrogen and oxygen atoms in total. The number of benzene rings is 2. The summed E-state index contributed by atoms with van der Waals surface area (Å²) < 4.78 is 13.5. The summed E-state index contributed by atoms with van der Waals surface area (Å²) in [5, 5.41) is 8.19. The van der Waals surface area contributed by atoms with Gasteiger partial charge in [-0.05, 0) is 68.6 Å². The van der Waals surface area contributed by atoms with Crippen molar-refractivity contribution < 1.29 is 9.47 Å². The SMILES string of the molecule is COc1c(Br)cc(Br)cc1/C=N/Nc1nc(Nc2cc(Cl)c(C)cc2Br)nc(N2CCOCC2)n1. The van der Waals surface area contributed by atoms with Crippen LogP contribution < -0.4 is 20.4 Å². The number of nitrogens with one attached hydrogen (secondary N) is 2. The molecule has 0 unspecified atom stereocenters. The highest BCUT2D eigenvalue weighted by molar-refractivity contribution is 9.11. The van der Waals surface area contributed by atoms with Crippen LogP contribution in [-0.2, 0) is 4.74 Å². The number of aryl methyl sites for hydroxylation is 1. The summed E-state index contributed by atoms with van der Waals surface area (Å²) in [5.74, 6) is 1.80. The Hall–Kier alpha value is -1.99. The van der Waals surface area contributed by atoms with Crippen molar-refractivity contribution in [2.24, 2.45) is 5.10 Å². The van der Waals surface area contributed by atoms with Gasteiger partial charge in [-0.3, -0.25) is 0 Å². The molecule has 1 fully saturated rings. The molecular weight excluding hydrogens is 669 g/mol. The molecular formula is C22H21Br3ClN7O2. The third-order valence-electron chi connectivity index (χ3n) is 5.02. The quantitative estimate of drug-likeness (QED) is 0.225. The second-order valence-electron chi connectivity index (χ2n) is 7.47. The minimum absolute atomic E-state index is 0.280. The van der Waals surface area contributed by atoms with E-state index in [-0.39, 0.29) is 5.95 Å². The van der Waals surface area contributed by atoms with Crippen LogP contribution in [0.1, 0.15) is 11.1 Å².